The summed E-state index contributed by atoms with van der Waals surface area (Å²) in [7, 11) is 0. The van der Waals surface area contributed by atoms with Gasteiger partial charge < -0.3 is 40.9 Å². The number of aliphatic hydroxyl groups excluding tert-OH is 3. The summed E-state index contributed by atoms with van der Waals surface area (Å²) in [6.07, 6.45) is -1.03. The number of imidazole rings is 1. The highest BCUT2D eigenvalue weighted by Crippen LogP contribution is 2.40. The Hall–Kier alpha value is -5.10. The Morgan fingerprint density at radius 1 is 1.00 bits per heavy atom. The van der Waals surface area contributed by atoms with E-state index in [1.165, 1.54) is 11.1 Å². The van der Waals surface area contributed by atoms with E-state index in [0.717, 1.165) is 13.0 Å². The number of nitrogens with zero attached hydrogens (tertiary/aromatic N) is 7. The molecule has 1 aliphatic carbocycles. The molecule has 7 N–H and O–H groups in total. The van der Waals surface area contributed by atoms with Crippen LogP contribution in [0, 0.1) is 0 Å². The summed E-state index contributed by atoms with van der Waals surface area (Å²) >= 11 is 0. The summed E-state index contributed by atoms with van der Waals surface area (Å²) in [6, 6.07) is 19.8. The maximum atomic E-state index is 11.2. The topological polar surface area (TPSA) is 201 Å². The first-order valence-electron chi connectivity index (χ1n) is 16.3. The van der Waals surface area contributed by atoms with Crippen LogP contribution in [0.25, 0.3) is 11.2 Å². The molecule has 0 spiro atoms. The number of aromatic nitrogens is 6. The van der Waals surface area contributed by atoms with Crippen molar-refractivity contribution in [2.75, 3.05) is 29.9 Å². The number of nitrogens with two attached hydrogens (primary N) is 1. The second-order valence-electron chi connectivity index (χ2n) is 12.6. The van der Waals surface area contributed by atoms with E-state index in [2.05, 4.69) is 39.6 Å². The highest BCUT2D eigenvalue weighted by Gasteiger charge is 2.44. The molecule has 2 aromatic carbocycles. The first-order valence-corrected chi connectivity index (χ1v) is 16.3. The lowest BCUT2D eigenvalue weighted by Crippen LogP contribution is -2.30. The highest BCUT2D eigenvalue weighted by molar-refractivity contribution is 5.84. The fraction of sp³-hybridized carbons (Fsp3) is 0.382. The molecular formula is C34H38F3N9O5. The fourth-order valence-corrected chi connectivity index (χ4v) is 6.54. The monoisotopic (exact) mass is 709 g/mol. The lowest BCUT2D eigenvalue weighted by molar-refractivity contribution is -0.192. The van der Waals surface area contributed by atoms with Crippen LogP contribution < -0.4 is 16.0 Å². The number of carbonyl (C=O) groups is 1. The predicted octanol–water partition coefficient (Wildman–Crippen LogP) is 2.84. The molecule has 0 unspecified atom stereocenters. The Balaban J connectivity index is 0.000000582. The van der Waals surface area contributed by atoms with Crippen molar-refractivity contribution in [2.24, 2.45) is 5.73 Å². The summed E-state index contributed by atoms with van der Waals surface area (Å²) in [4.78, 5) is 25.6. The second-order valence-corrected chi connectivity index (χ2v) is 12.6. The van der Waals surface area contributed by atoms with Gasteiger partial charge in [0.1, 0.15) is 12.2 Å². The molecule has 2 fully saturated rings. The Bertz CT molecular complexity index is 1890. The van der Waals surface area contributed by atoms with Gasteiger partial charge in [0.2, 0.25) is 5.95 Å². The van der Waals surface area contributed by atoms with Gasteiger partial charge in [0, 0.05) is 43.4 Å². The number of alkyl halides is 3. The predicted molar refractivity (Wildman–Crippen MR) is 180 cm³/mol. The van der Waals surface area contributed by atoms with Crippen molar-refractivity contribution in [1.82, 2.24) is 29.3 Å². The molecule has 270 valence electrons. The van der Waals surface area contributed by atoms with Crippen LogP contribution >= 0.6 is 0 Å². The van der Waals surface area contributed by atoms with Gasteiger partial charge >= 0.3 is 12.1 Å². The van der Waals surface area contributed by atoms with Crippen LogP contribution in [0.5, 0.6) is 0 Å². The number of halogens is 3. The molecule has 1 aliphatic heterocycles. The van der Waals surface area contributed by atoms with Crippen molar-refractivity contribution >= 4 is 28.9 Å². The standard InChI is InChI=1S/C32H37N9O3.C2HF3O2/c33-23-11-12-39(17-23)32-37-30(34-15-24(21-7-3-1-4-8-21)22-9-5-2-6-10-22)27-31(38-32)40(19-35-27)25-13-26(29(44)28(25)43)41-16-20(18-42)14-36-41;3-2(4,5)1(6)7/h1-10,14,16,19,23-26,28-29,42-44H,11-13,15,17-18,33H2,(H,34,37,38);(H,6,7)/t23-,25-,26+,28+,29-;/m1./s1. The number of hydrogen-bond acceptors (Lipinski definition) is 11. The van der Waals surface area contributed by atoms with Crippen LogP contribution in [0.2, 0.25) is 0 Å². The van der Waals surface area contributed by atoms with Crippen LogP contribution in [0.3, 0.4) is 0 Å². The summed E-state index contributed by atoms with van der Waals surface area (Å²) in [5.74, 6) is -1.54. The number of aliphatic hydroxyl groups is 3. The van der Waals surface area contributed by atoms with Crippen molar-refractivity contribution in [3.63, 3.8) is 0 Å². The number of benzene rings is 2. The largest absolute Gasteiger partial charge is 0.490 e. The molecule has 5 aromatic rings. The molecule has 51 heavy (non-hydrogen) atoms. The number of aliphatic carboxylic acids is 1. The SMILES string of the molecule is N[C@@H]1CCN(c2nc(NCC(c3ccccc3)c3ccccc3)c3ncn([C@@H]4C[C@H](n5cc(CO)cn5)[C@@H](O)[C@H]4O)c3n2)C1.O=C(O)C(F)(F)F. The molecule has 5 atom stereocenters. The van der Waals surface area contributed by atoms with E-state index >= 15 is 0 Å². The van der Waals surface area contributed by atoms with Gasteiger partial charge in [-0.3, -0.25) is 4.68 Å². The number of fused-ring (bicyclic) bond motifs is 1. The third-order valence-electron chi connectivity index (χ3n) is 9.19. The van der Waals surface area contributed by atoms with Crippen LogP contribution in [-0.2, 0) is 11.4 Å². The highest BCUT2D eigenvalue weighted by atomic mass is 19.4. The molecule has 14 nitrogen and oxygen atoms in total. The van der Waals surface area contributed by atoms with Crippen molar-refractivity contribution in [1.29, 1.82) is 0 Å². The van der Waals surface area contributed by atoms with Crippen LogP contribution in [0.4, 0.5) is 24.9 Å². The second kappa shape index (κ2) is 15.0. The number of anilines is 2. The third-order valence-corrected chi connectivity index (χ3v) is 9.19. The molecule has 7 rings (SSSR count). The van der Waals surface area contributed by atoms with E-state index < -0.39 is 36.4 Å². The molecule has 1 saturated heterocycles. The average molecular weight is 710 g/mol. The smallest absolute Gasteiger partial charge is 0.475 e. The summed E-state index contributed by atoms with van der Waals surface area (Å²) < 4.78 is 35.2. The third kappa shape index (κ3) is 7.80. The minimum atomic E-state index is -5.08. The number of hydrogen-bond donors (Lipinski definition) is 6. The summed E-state index contributed by atoms with van der Waals surface area (Å²) in [6.45, 7) is 1.82. The zero-order valence-corrected chi connectivity index (χ0v) is 27.3. The molecule has 17 heteroatoms. The zero-order chi connectivity index (χ0) is 36.3. The summed E-state index contributed by atoms with van der Waals surface area (Å²) in [5.41, 5.74) is 10.4. The van der Waals surface area contributed by atoms with Gasteiger partial charge in [-0.15, -0.1) is 0 Å². The molecular weight excluding hydrogens is 671 g/mol. The fourth-order valence-electron chi connectivity index (χ4n) is 6.54. The lowest BCUT2D eigenvalue weighted by Gasteiger charge is -2.22. The molecule has 4 heterocycles. The normalized spacial score (nSPS) is 22.0. The van der Waals surface area contributed by atoms with Gasteiger partial charge in [0.05, 0.1) is 31.2 Å². The van der Waals surface area contributed by atoms with Crippen molar-refractivity contribution in [2.45, 2.75) is 61.9 Å². The van der Waals surface area contributed by atoms with Crippen molar-refractivity contribution in [3.8, 4) is 0 Å². The van der Waals surface area contributed by atoms with Gasteiger partial charge in [0.25, 0.3) is 0 Å². The molecule has 1 saturated carbocycles. The Labute approximate surface area is 290 Å². The number of nitrogens with one attached hydrogen (secondary N) is 1. The molecule has 0 amide bonds. The minimum absolute atomic E-state index is 0.0431. The zero-order valence-electron chi connectivity index (χ0n) is 27.3. The van der Waals surface area contributed by atoms with E-state index in [1.807, 2.05) is 41.0 Å². The van der Waals surface area contributed by atoms with Crippen molar-refractivity contribution in [3.05, 3.63) is 96.1 Å². The van der Waals surface area contributed by atoms with Crippen molar-refractivity contribution < 1.29 is 38.4 Å². The van der Waals surface area contributed by atoms with Crippen LogP contribution in [0.15, 0.2) is 79.4 Å². The number of carboxylic acid groups (broad SMARTS) is 1. The molecule has 3 aromatic heterocycles. The van der Waals surface area contributed by atoms with E-state index in [1.54, 1.807) is 23.4 Å². The molecule has 0 radical (unpaired) electrons. The van der Waals surface area contributed by atoms with Gasteiger partial charge in [-0.05, 0) is 24.0 Å². The van der Waals surface area contributed by atoms with E-state index in [-0.39, 0.29) is 18.6 Å². The minimum Gasteiger partial charge on any atom is -0.475 e. The first kappa shape index (κ1) is 35.7. The number of rotatable bonds is 9. The number of carboxylic acids is 1. The van der Waals surface area contributed by atoms with Gasteiger partial charge in [-0.25, -0.2) is 9.78 Å². The molecule has 0 bridgehead atoms. The quantitative estimate of drug-likeness (QED) is 0.131. The van der Waals surface area contributed by atoms with Gasteiger partial charge in [-0.1, -0.05) is 60.7 Å². The maximum absolute atomic E-state index is 11.2. The van der Waals surface area contributed by atoms with E-state index in [0.29, 0.717) is 48.0 Å². The summed E-state index contributed by atoms with van der Waals surface area (Å²) in [5, 5.41) is 46.8. The first-order chi connectivity index (χ1) is 24.4. The maximum Gasteiger partial charge on any atom is 0.490 e. The Morgan fingerprint density at radius 3 is 2.18 bits per heavy atom. The van der Waals surface area contributed by atoms with Crippen LogP contribution in [-0.4, -0.2) is 99.8 Å². The molecule has 2 aliphatic rings. The van der Waals surface area contributed by atoms with E-state index in [9.17, 15) is 28.5 Å². The Morgan fingerprint density at radius 2 is 1.63 bits per heavy atom. The average Bonchev–Trinajstić information content (AvgIpc) is 3.93. The Kier molecular flexibility index (Phi) is 10.5. The van der Waals surface area contributed by atoms with Gasteiger partial charge in [-0.2, -0.15) is 28.2 Å². The van der Waals surface area contributed by atoms with Gasteiger partial charge in [0.15, 0.2) is 17.0 Å². The lowest BCUT2D eigenvalue weighted by atomic mass is 9.91. The van der Waals surface area contributed by atoms with Crippen LogP contribution in [0.1, 0.15) is 47.5 Å². The van der Waals surface area contributed by atoms with E-state index in [4.69, 9.17) is 30.6 Å².